The van der Waals surface area contributed by atoms with Gasteiger partial charge in [0, 0.05) is 0 Å². The van der Waals surface area contributed by atoms with Crippen LogP contribution in [0.3, 0.4) is 0 Å². The van der Waals surface area contributed by atoms with Crippen molar-refractivity contribution in [2.24, 2.45) is 16.7 Å². The molecule has 1 aliphatic heterocycles. The molecule has 4 heteroatoms. The highest BCUT2D eigenvalue weighted by Gasteiger charge is 2.12. The minimum absolute atomic E-state index is 0.222. The predicted molar refractivity (Wildman–Crippen MR) is 26.3 cm³/mol. The summed E-state index contributed by atoms with van der Waals surface area (Å²) in [6.45, 7) is 0. The fraction of sp³-hybridized carbons (Fsp3) is 0. The van der Waals surface area contributed by atoms with Gasteiger partial charge in [-0.25, -0.2) is 4.99 Å². The fourth-order valence-corrected chi connectivity index (χ4v) is 0.346. The molecule has 0 aliphatic carbocycles. The van der Waals surface area contributed by atoms with E-state index in [1.165, 1.54) is 6.34 Å². The van der Waals surface area contributed by atoms with Crippen molar-refractivity contribution in [1.29, 1.82) is 0 Å². The number of quaternary nitrogens is 1. The van der Waals surface area contributed by atoms with Crippen LogP contribution in [0, 0.1) is 0 Å². The lowest BCUT2D eigenvalue weighted by atomic mass is 10.9. The quantitative estimate of drug-likeness (QED) is 0.304. The van der Waals surface area contributed by atoms with E-state index in [1.54, 1.807) is 12.4 Å². The van der Waals surface area contributed by atoms with Crippen LogP contribution in [-0.4, -0.2) is 11.0 Å². The van der Waals surface area contributed by atoms with Crippen molar-refractivity contribution >= 4 is 6.34 Å². The molecule has 0 radical (unpaired) electrons. The molecule has 1 heterocycles. The SMILES string of the molecule is N[N+]1(N)C=CN=C1. The van der Waals surface area contributed by atoms with Crippen LogP contribution in [0.4, 0.5) is 0 Å². The van der Waals surface area contributed by atoms with E-state index in [-0.39, 0.29) is 4.70 Å². The normalized spacial score (nSPS) is 23.7. The first-order valence-electron chi connectivity index (χ1n) is 1.88. The molecule has 0 aromatic heterocycles. The summed E-state index contributed by atoms with van der Waals surface area (Å²) in [6.07, 6.45) is 4.56. The molecule has 7 heavy (non-hydrogen) atoms. The van der Waals surface area contributed by atoms with E-state index in [9.17, 15) is 0 Å². The highest BCUT2D eigenvalue weighted by atomic mass is 15.7. The summed E-state index contributed by atoms with van der Waals surface area (Å²) in [5.41, 5.74) is 0. The van der Waals surface area contributed by atoms with E-state index in [0.29, 0.717) is 0 Å². The van der Waals surface area contributed by atoms with Gasteiger partial charge in [0.2, 0.25) is 6.34 Å². The Morgan fingerprint density at radius 2 is 2.14 bits per heavy atom. The van der Waals surface area contributed by atoms with Gasteiger partial charge in [-0.15, -0.1) is 4.70 Å². The van der Waals surface area contributed by atoms with Crippen molar-refractivity contribution in [1.82, 2.24) is 0 Å². The summed E-state index contributed by atoms with van der Waals surface area (Å²) in [5.74, 6) is 10.5. The zero-order chi connectivity index (χ0) is 5.33. The van der Waals surface area contributed by atoms with Crippen molar-refractivity contribution in [3.05, 3.63) is 12.4 Å². The van der Waals surface area contributed by atoms with Crippen LogP contribution < -0.4 is 11.7 Å². The van der Waals surface area contributed by atoms with E-state index in [2.05, 4.69) is 4.99 Å². The van der Waals surface area contributed by atoms with E-state index < -0.39 is 0 Å². The Labute approximate surface area is 41.3 Å². The fourth-order valence-electron chi connectivity index (χ4n) is 0.346. The number of hydrogen-bond donors (Lipinski definition) is 2. The Morgan fingerprint density at radius 1 is 1.43 bits per heavy atom. The molecule has 4 N–H and O–H groups in total. The first kappa shape index (κ1) is 4.45. The van der Waals surface area contributed by atoms with Gasteiger partial charge >= 0.3 is 0 Å². The number of aliphatic imine (C=N–C) groups is 1. The van der Waals surface area contributed by atoms with Gasteiger partial charge in [0.05, 0.1) is 6.20 Å². The van der Waals surface area contributed by atoms with Gasteiger partial charge in [-0.1, -0.05) is 0 Å². The van der Waals surface area contributed by atoms with Gasteiger partial charge in [-0.05, 0) is 0 Å². The van der Waals surface area contributed by atoms with Crippen molar-refractivity contribution in [2.45, 2.75) is 0 Å². The molecular formula is C3H7N4+. The molecule has 0 unspecified atom stereocenters. The lowest BCUT2D eigenvalue weighted by Crippen LogP contribution is -2.53. The summed E-state index contributed by atoms with van der Waals surface area (Å²) in [7, 11) is 0. The van der Waals surface area contributed by atoms with Crippen LogP contribution in [0.25, 0.3) is 0 Å². The third-order valence-corrected chi connectivity index (χ3v) is 0.678. The summed E-state index contributed by atoms with van der Waals surface area (Å²) < 4.78 is -0.222. The maximum absolute atomic E-state index is 5.26. The topological polar surface area (TPSA) is 64.4 Å². The van der Waals surface area contributed by atoms with Crippen LogP contribution in [0.2, 0.25) is 0 Å². The molecule has 1 aliphatic rings. The Hall–Kier alpha value is -0.710. The van der Waals surface area contributed by atoms with E-state index in [4.69, 9.17) is 11.7 Å². The number of hydrogen-bond acceptors (Lipinski definition) is 3. The molecule has 0 amide bonds. The van der Waals surface area contributed by atoms with Crippen LogP contribution >= 0.6 is 0 Å². The average Bonchev–Trinajstić information content (AvgIpc) is 1.84. The number of nitrogens with zero attached hydrogens (tertiary/aromatic N) is 2. The van der Waals surface area contributed by atoms with Gasteiger partial charge in [0.25, 0.3) is 0 Å². The van der Waals surface area contributed by atoms with E-state index in [0.717, 1.165) is 0 Å². The monoisotopic (exact) mass is 99.1 g/mol. The Kier molecular flexibility index (Phi) is 0.717. The number of rotatable bonds is 0. The van der Waals surface area contributed by atoms with Gasteiger partial charge in [0.1, 0.15) is 0 Å². The first-order chi connectivity index (χ1) is 3.21. The molecule has 0 aromatic carbocycles. The maximum Gasteiger partial charge on any atom is 0.234 e. The van der Waals surface area contributed by atoms with Crippen molar-refractivity contribution in [3.8, 4) is 0 Å². The highest BCUT2D eigenvalue weighted by molar-refractivity contribution is 5.49. The standard InChI is InChI=1S/C3H7N4/c4-7(5)2-1-6-3-7/h1-3H,4-5H2/q+1. The Bertz CT molecular complexity index is 109. The molecule has 0 aromatic rings. The van der Waals surface area contributed by atoms with Crippen LogP contribution in [0.5, 0.6) is 0 Å². The third kappa shape index (κ3) is 0.833. The van der Waals surface area contributed by atoms with Gasteiger partial charge in [-0.3, -0.25) is 0 Å². The van der Waals surface area contributed by atoms with Crippen molar-refractivity contribution in [2.75, 3.05) is 0 Å². The minimum atomic E-state index is -0.222. The highest BCUT2D eigenvalue weighted by Crippen LogP contribution is 1.91. The first-order valence-corrected chi connectivity index (χ1v) is 1.88. The lowest BCUT2D eigenvalue weighted by Gasteiger charge is -2.08. The van der Waals surface area contributed by atoms with E-state index in [1.807, 2.05) is 0 Å². The predicted octanol–water partition coefficient (Wildman–Crippen LogP) is -0.936. The summed E-state index contributed by atoms with van der Waals surface area (Å²) in [5, 5.41) is 0. The molecule has 0 fully saturated rings. The second kappa shape index (κ2) is 1.13. The lowest BCUT2D eigenvalue weighted by molar-refractivity contribution is -0.804. The van der Waals surface area contributed by atoms with Crippen LogP contribution in [0.15, 0.2) is 17.4 Å². The van der Waals surface area contributed by atoms with Crippen molar-refractivity contribution < 1.29 is 4.70 Å². The molecule has 38 valence electrons. The zero-order valence-electron chi connectivity index (χ0n) is 3.78. The zero-order valence-corrected chi connectivity index (χ0v) is 3.78. The molecule has 0 atom stereocenters. The van der Waals surface area contributed by atoms with Gasteiger partial charge in [-0.2, -0.15) is 11.7 Å². The molecule has 0 saturated heterocycles. The minimum Gasteiger partial charge on any atom is -0.202 e. The average molecular weight is 99.1 g/mol. The van der Waals surface area contributed by atoms with E-state index >= 15 is 0 Å². The Balaban J connectivity index is 2.77. The molecule has 0 bridgehead atoms. The second-order valence-corrected chi connectivity index (χ2v) is 1.46. The largest absolute Gasteiger partial charge is 0.234 e. The van der Waals surface area contributed by atoms with Gasteiger partial charge in [0.15, 0.2) is 6.20 Å². The smallest absolute Gasteiger partial charge is 0.202 e. The maximum atomic E-state index is 5.26. The molecule has 1 rings (SSSR count). The molecule has 4 nitrogen and oxygen atoms in total. The number of nitrogens with two attached hydrogens (primary N) is 2. The van der Waals surface area contributed by atoms with Crippen LogP contribution in [0.1, 0.15) is 0 Å². The summed E-state index contributed by atoms with van der Waals surface area (Å²) >= 11 is 0. The van der Waals surface area contributed by atoms with Crippen molar-refractivity contribution in [3.63, 3.8) is 0 Å². The second-order valence-electron chi connectivity index (χ2n) is 1.46. The third-order valence-electron chi connectivity index (χ3n) is 0.678. The van der Waals surface area contributed by atoms with Crippen LogP contribution in [-0.2, 0) is 0 Å². The summed E-state index contributed by atoms with van der Waals surface area (Å²) in [6, 6.07) is 0. The Morgan fingerprint density at radius 3 is 2.29 bits per heavy atom. The molecule has 0 saturated carbocycles. The molecule has 0 spiro atoms. The van der Waals surface area contributed by atoms with Gasteiger partial charge < -0.3 is 0 Å². The molecular weight excluding hydrogens is 92.1 g/mol. The summed E-state index contributed by atoms with van der Waals surface area (Å²) in [4.78, 5) is 3.65.